The first-order valence-electron chi connectivity index (χ1n) is 9.72. The van der Waals surface area contributed by atoms with Gasteiger partial charge in [0, 0.05) is 24.0 Å². The van der Waals surface area contributed by atoms with E-state index in [2.05, 4.69) is 4.57 Å². The summed E-state index contributed by atoms with van der Waals surface area (Å²) in [7, 11) is 0. The summed E-state index contributed by atoms with van der Waals surface area (Å²) in [5.74, 6) is -0.449. The number of ketones is 1. The minimum absolute atomic E-state index is 0.138. The largest absolute Gasteiger partial charge is 0.416 e. The highest BCUT2D eigenvalue weighted by molar-refractivity contribution is 6.02. The smallest absolute Gasteiger partial charge is 0.343 e. The Bertz CT molecular complexity index is 1210. The Morgan fingerprint density at radius 2 is 1.72 bits per heavy atom. The van der Waals surface area contributed by atoms with Gasteiger partial charge in [0.15, 0.2) is 11.2 Å². The van der Waals surface area contributed by atoms with Crippen LogP contribution in [0.2, 0.25) is 0 Å². The maximum atomic E-state index is 13.1. The molecular formula is C23H18F3NO2. The van der Waals surface area contributed by atoms with Crippen molar-refractivity contribution in [3.63, 3.8) is 0 Å². The molecule has 3 aromatic rings. The van der Waals surface area contributed by atoms with Crippen molar-refractivity contribution in [3.05, 3.63) is 80.6 Å². The van der Waals surface area contributed by atoms with Crippen molar-refractivity contribution in [3.8, 4) is 0 Å². The molecule has 0 amide bonds. The van der Waals surface area contributed by atoms with Crippen LogP contribution in [0.3, 0.4) is 0 Å². The number of halogens is 3. The SMILES string of the molecule is O=C1CC(c2ccc(C(F)(F)F)cc2)Cc2c1c(=O)c1cccc3c1n2CCC3. The zero-order valence-corrected chi connectivity index (χ0v) is 15.6. The third-order valence-electron chi connectivity index (χ3n) is 6.16. The van der Waals surface area contributed by atoms with Gasteiger partial charge in [0.1, 0.15) is 0 Å². The molecule has 1 aliphatic heterocycles. The monoisotopic (exact) mass is 397 g/mol. The number of aromatic nitrogens is 1. The molecule has 29 heavy (non-hydrogen) atoms. The Hall–Kier alpha value is -2.89. The number of alkyl halides is 3. The molecule has 6 heteroatoms. The van der Waals surface area contributed by atoms with Crippen molar-refractivity contribution < 1.29 is 18.0 Å². The van der Waals surface area contributed by atoms with Crippen LogP contribution in [0, 0.1) is 0 Å². The van der Waals surface area contributed by atoms with Crippen molar-refractivity contribution in [2.24, 2.45) is 0 Å². The number of fused-ring (bicyclic) bond motifs is 2. The summed E-state index contributed by atoms with van der Waals surface area (Å²) in [5, 5.41) is 0.585. The summed E-state index contributed by atoms with van der Waals surface area (Å²) >= 11 is 0. The lowest BCUT2D eigenvalue weighted by molar-refractivity contribution is -0.137. The number of hydrogen-bond acceptors (Lipinski definition) is 2. The maximum Gasteiger partial charge on any atom is 0.416 e. The van der Waals surface area contributed by atoms with E-state index in [1.54, 1.807) is 6.07 Å². The predicted octanol–water partition coefficient (Wildman–Crippen LogP) is 4.88. The molecule has 0 N–H and O–H groups in total. The van der Waals surface area contributed by atoms with Crippen LogP contribution in [0.25, 0.3) is 10.9 Å². The lowest BCUT2D eigenvalue weighted by Gasteiger charge is -2.30. The fraction of sp³-hybridized carbons (Fsp3) is 0.304. The Morgan fingerprint density at radius 3 is 2.45 bits per heavy atom. The molecule has 2 heterocycles. The number of carbonyl (C=O) groups excluding carboxylic acids is 1. The number of para-hydroxylation sites is 1. The molecule has 1 atom stereocenters. The van der Waals surface area contributed by atoms with Crippen LogP contribution in [0.15, 0.2) is 47.3 Å². The predicted molar refractivity (Wildman–Crippen MR) is 103 cm³/mol. The highest BCUT2D eigenvalue weighted by Crippen LogP contribution is 2.36. The molecule has 5 rings (SSSR count). The fourth-order valence-electron chi connectivity index (χ4n) is 4.82. The topological polar surface area (TPSA) is 39.1 Å². The van der Waals surface area contributed by atoms with Gasteiger partial charge in [0.2, 0.25) is 0 Å². The number of benzene rings is 2. The van der Waals surface area contributed by atoms with E-state index >= 15 is 0 Å². The first-order valence-corrected chi connectivity index (χ1v) is 9.72. The molecule has 2 aliphatic rings. The molecule has 0 saturated carbocycles. The summed E-state index contributed by atoms with van der Waals surface area (Å²) in [5.41, 5.74) is 2.79. The van der Waals surface area contributed by atoms with Gasteiger partial charge in [-0.25, -0.2) is 0 Å². The Kier molecular flexibility index (Phi) is 3.95. The molecule has 0 fully saturated rings. The third-order valence-corrected chi connectivity index (χ3v) is 6.16. The van der Waals surface area contributed by atoms with Crippen LogP contribution >= 0.6 is 0 Å². The number of rotatable bonds is 1. The molecule has 0 bridgehead atoms. The average Bonchev–Trinajstić information content (AvgIpc) is 2.70. The molecular weight excluding hydrogens is 379 g/mol. The van der Waals surface area contributed by atoms with E-state index in [0.717, 1.165) is 48.3 Å². The van der Waals surface area contributed by atoms with E-state index in [0.29, 0.717) is 17.4 Å². The number of aryl methyl sites for hydroxylation is 2. The minimum Gasteiger partial charge on any atom is -0.343 e. The van der Waals surface area contributed by atoms with E-state index in [9.17, 15) is 22.8 Å². The van der Waals surface area contributed by atoms with Gasteiger partial charge in [-0.15, -0.1) is 0 Å². The van der Waals surface area contributed by atoms with Crippen molar-refractivity contribution in [1.29, 1.82) is 0 Å². The highest BCUT2D eigenvalue weighted by atomic mass is 19.4. The lowest BCUT2D eigenvalue weighted by Crippen LogP contribution is -2.32. The standard InChI is InChI=1S/C23H18F3NO2/c24-23(25,26)16-8-6-13(7-9-16)15-11-18-20(19(28)12-15)22(29)17-5-1-3-14-4-2-10-27(18)21(14)17/h1,3,5-9,15H,2,4,10-12H2. The van der Waals surface area contributed by atoms with Crippen LogP contribution in [-0.4, -0.2) is 10.4 Å². The van der Waals surface area contributed by atoms with Gasteiger partial charge in [-0.2, -0.15) is 13.2 Å². The third kappa shape index (κ3) is 2.81. The van der Waals surface area contributed by atoms with Crippen molar-refractivity contribution in [2.45, 2.75) is 44.3 Å². The number of nitrogens with zero attached hydrogens (tertiary/aromatic N) is 1. The molecule has 0 spiro atoms. The van der Waals surface area contributed by atoms with Crippen molar-refractivity contribution in [2.75, 3.05) is 0 Å². The second kappa shape index (κ2) is 6.31. The normalized spacial score (nSPS) is 18.7. The van der Waals surface area contributed by atoms with Crippen LogP contribution < -0.4 is 5.43 Å². The van der Waals surface area contributed by atoms with Gasteiger partial charge >= 0.3 is 6.18 Å². The molecule has 1 aromatic heterocycles. The number of carbonyl (C=O) groups is 1. The summed E-state index contributed by atoms with van der Waals surface area (Å²) in [4.78, 5) is 26.0. The molecule has 1 aliphatic carbocycles. The van der Waals surface area contributed by atoms with E-state index in [1.807, 2.05) is 12.1 Å². The Labute approximate surface area is 164 Å². The quantitative estimate of drug-likeness (QED) is 0.587. The summed E-state index contributed by atoms with van der Waals surface area (Å²) in [6, 6.07) is 10.7. The first-order chi connectivity index (χ1) is 13.8. The van der Waals surface area contributed by atoms with Gasteiger partial charge in [-0.1, -0.05) is 24.3 Å². The molecule has 2 aromatic carbocycles. The van der Waals surface area contributed by atoms with Gasteiger partial charge in [-0.05, 0) is 54.5 Å². The highest BCUT2D eigenvalue weighted by Gasteiger charge is 2.34. The average molecular weight is 397 g/mol. The van der Waals surface area contributed by atoms with Crippen LogP contribution in [0.4, 0.5) is 13.2 Å². The molecule has 1 unspecified atom stereocenters. The summed E-state index contributed by atoms with van der Waals surface area (Å²) in [6.45, 7) is 0.739. The van der Waals surface area contributed by atoms with E-state index in [4.69, 9.17) is 0 Å². The lowest BCUT2D eigenvalue weighted by atomic mass is 9.80. The molecule has 148 valence electrons. The zero-order chi connectivity index (χ0) is 20.3. The molecule has 3 nitrogen and oxygen atoms in total. The Balaban J connectivity index is 1.64. The van der Waals surface area contributed by atoms with Gasteiger partial charge in [0.05, 0.1) is 16.6 Å². The van der Waals surface area contributed by atoms with Crippen LogP contribution in [0.5, 0.6) is 0 Å². The minimum atomic E-state index is -4.39. The Morgan fingerprint density at radius 1 is 0.966 bits per heavy atom. The summed E-state index contributed by atoms with van der Waals surface area (Å²) in [6.07, 6.45) is -1.95. The van der Waals surface area contributed by atoms with E-state index in [1.165, 1.54) is 12.1 Å². The van der Waals surface area contributed by atoms with Gasteiger partial charge in [0.25, 0.3) is 0 Å². The molecule has 0 radical (unpaired) electrons. The maximum absolute atomic E-state index is 13.1. The molecule has 0 saturated heterocycles. The summed E-state index contributed by atoms with van der Waals surface area (Å²) < 4.78 is 40.7. The van der Waals surface area contributed by atoms with E-state index in [-0.39, 0.29) is 29.1 Å². The number of hydrogen-bond donors (Lipinski definition) is 0. The van der Waals surface area contributed by atoms with E-state index < -0.39 is 11.7 Å². The van der Waals surface area contributed by atoms with Crippen LogP contribution in [-0.2, 0) is 25.6 Å². The first kappa shape index (κ1) is 18.2. The number of pyridine rings is 1. The second-order valence-electron chi connectivity index (χ2n) is 7.87. The van der Waals surface area contributed by atoms with Gasteiger partial charge < -0.3 is 4.57 Å². The second-order valence-corrected chi connectivity index (χ2v) is 7.87. The number of Topliss-reactive ketones (excluding diaryl/α,β-unsaturated/α-hetero) is 1. The van der Waals surface area contributed by atoms with Gasteiger partial charge in [-0.3, -0.25) is 9.59 Å². The fourth-order valence-corrected chi connectivity index (χ4v) is 4.82. The van der Waals surface area contributed by atoms with Crippen molar-refractivity contribution in [1.82, 2.24) is 4.57 Å². The zero-order valence-electron chi connectivity index (χ0n) is 15.6. The van der Waals surface area contributed by atoms with Crippen molar-refractivity contribution >= 4 is 16.7 Å². The van der Waals surface area contributed by atoms with Crippen LogP contribution in [0.1, 0.15) is 51.5 Å².